The Morgan fingerprint density at radius 2 is 2.07 bits per heavy atom. The second-order valence-electron chi connectivity index (χ2n) is 5.74. The topological polar surface area (TPSA) is 40.5 Å². The number of rotatable bonds is 4. The van der Waals surface area contributed by atoms with E-state index in [2.05, 4.69) is 25.7 Å². The lowest BCUT2D eigenvalue weighted by molar-refractivity contribution is -0.137. The third-order valence-electron chi connectivity index (χ3n) is 3.54. The normalized spacial score (nSPS) is 29.7. The van der Waals surface area contributed by atoms with Gasteiger partial charge in [0, 0.05) is 12.6 Å². The van der Waals surface area contributed by atoms with Crippen molar-refractivity contribution in [2.75, 3.05) is 13.6 Å². The highest BCUT2D eigenvalue weighted by atomic mass is 16.4. The Kier molecular flexibility index (Phi) is 3.77. The van der Waals surface area contributed by atoms with Crippen molar-refractivity contribution in [2.45, 2.75) is 46.1 Å². The fraction of sp³-hybridized carbons (Fsp3) is 0.917. The van der Waals surface area contributed by atoms with Crippen LogP contribution in [0, 0.1) is 11.3 Å². The van der Waals surface area contributed by atoms with Gasteiger partial charge in [-0.1, -0.05) is 20.8 Å². The van der Waals surface area contributed by atoms with Crippen LogP contribution in [-0.4, -0.2) is 35.6 Å². The van der Waals surface area contributed by atoms with E-state index in [9.17, 15) is 4.79 Å². The van der Waals surface area contributed by atoms with Crippen molar-refractivity contribution < 1.29 is 9.90 Å². The van der Waals surface area contributed by atoms with Gasteiger partial charge in [-0.3, -0.25) is 4.79 Å². The molecule has 3 heteroatoms. The minimum Gasteiger partial charge on any atom is -0.481 e. The van der Waals surface area contributed by atoms with Crippen LogP contribution in [0.4, 0.5) is 0 Å². The van der Waals surface area contributed by atoms with Gasteiger partial charge in [0.25, 0.3) is 0 Å². The molecule has 1 saturated carbocycles. The maximum absolute atomic E-state index is 10.5. The molecule has 0 aromatic heterocycles. The summed E-state index contributed by atoms with van der Waals surface area (Å²) in [5.74, 6) is -0.0226. The molecule has 1 aliphatic carbocycles. The molecule has 2 unspecified atom stereocenters. The van der Waals surface area contributed by atoms with Crippen LogP contribution >= 0.6 is 0 Å². The second kappa shape index (κ2) is 4.52. The quantitative estimate of drug-likeness (QED) is 0.778. The first-order chi connectivity index (χ1) is 6.82. The molecule has 88 valence electrons. The summed E-state index contributed by atoms with van der Waals surface area (Å²) in [6.45, 7) is 7.54. The summed E-state index contributed by atoms with van der Waals surface area (Å²) in [4.78, 5) is 12.7. The Hall–Kier alpha value is -0.570. The van der Waals surface area contributed by atoms with Gasteiger partial charge in [0.05, 0.1) is 6.42 Å². The number of aliphatic carboxylic acids is 1. The Morgan fingerprint density at radius 3 is 2.47 bits per heavy atom. The van der Waals surface area contributed by atoms with E-state index in [1.54, 1.807) is 0 Å². The van der Waals surface area contributed by atoms with Crippen LogP contribution in [0.2, 0.25) is 0 Å². The number of nitrogens with zero attached hydrogens (tertiary/aromatic N) is 1. The zero-order valence-corrected chi connectivity index (χ0v) is 10.3. The van der Waals surface area contributed by atoms with Crippen LogP contribution < -0.4 is 0 Å². The van der Waals surface area contributed by atoms with E-state index >= 15 is 0 Å². The Labute approximate surface area is 92.5 Å². The molecule has 0 aromatic carbocycles. The van der Waals surface area contributed by atoms with Crippen molar-refractivity contribution >= 4 is 5.97 Å². The van der Waals surface area contributed by atoms with Gasteiger partial charge >= 0.3 is 5.97 Å². The molecule has 0 spiro atoms. The lowest BCUT2D eigenvalue weighted by Gasteiger charge is -2.27. The van der Waals surface area contributed by atoms with Crippen molar-refractivity contribution in [2.24, 2.45) is 11.3 Å². The van der Waals surface area contributed by atoms with Crippen molar-refractivity contribution in [3.63, 3.8) is 0 Å². The van der Waals surface area contributed by atoms with Crippen molar-refractivity contribution in [3.8, 4) is 0 Å². The van der Waals surface area contributed by atoms with Gasteiger partial charge in [0.2, 0.25) is 0 Å². The molecule has 0 heterocycles. The lowest BCUT2D eigenvalue weighted by atomic mass is 9.91. The zero-order valence-electron chi connectivity index (χ0n) is 10.3. The molecular formula is C12H23NO2. The third-order valence-corrected chi connectivity index (χ3v) is 3.54. The molecule has 0 amide bonds. The summed E-state index contributed by atoms with van der Waals surface area (Å²) in [5.41, 5.74) is 0.418. The minimum absolute atomic E-state index is 0.250. The molecule has 0 saturated heterocycles. The molecule has 1 aliphatic rings. The zero-order chi connectivity index (χ0) is 11.6. The third kappa shape index (κ3) is 3.49. The largest absolute Gasteiger partial charge is 0.481 e. The van der Waals surface area contributed by atoms with Gasteiger partial charge in [0.1, 0.15) is 0 Å². The maximum Gasteiger partial charge on any atom is 0.304 e. The standard InChI is InChI=1S/C12H23NO2/c1-9-7-12(2,3)8-10(9)13(4)6-5-11(14)15/h9-10H,5-8H2,1-4H3,(H,14,15). The predicted molar refractivity (Wildman–Crippen MR) is 60.8 cm³/mol. The first kappa shape index (κ1) is 12.5. The molecule has 1 fully saturated rings. The van der Waals surface area contributed by atoms with Crippen LogP contribution in [0.25, 0.3) is 0 Å². The molecule has 2 atom stereocenters. The number of carboxylic acids is 1. The minimum atomic E-state index is -0.702. The van der Waals surface area contributed by atoms with Gasteiger partial charge in [-0.15, -0.1) is 0 Å². The van der Waals surface area contributed by atoms with Gasteiger partial charge in [-0.2, -0.15) is 0 Å². The van der Waals surface area contributed by atoms with E-state index in [0.717, 1.165) is 0 Å². The maximum atomic E-state index is 10.5. The number of hydrogen-bond acceptors (Lipinski definition) is 2. The average Bonchev–Trinajstić information content (AvgIpc) is 2.35. The van der Waals surface area contributed by atoms with E-state index in [1.165, 1.54) is 12.8 Å². The Balaban J connectivity index is 2.46. The van der Waals surface area contributed by atoms with Crippen LogP contribution in [-0.2, 0) is 4.79 Å². The number of hydrogen-bond donors (Lipinski definition) is 1. The van der Waals surface area contributed by atoms with E-state index in [0.29, 0.717) is 23.9 Å². The fourth-order valence-corrected chi connectivity index (χ4v) is 2.89. The molecule has 0 radical (unpaired) electrons. The van der Waals surface area contributed by atoms with E-state index < -0.39 is 5.97 Å². The number of carbonyl (C=O) groups is 1. The van der Waals surface area contributed by atoms with Crippen molar-refractivity contribution in [1.29, 1.82) is 0 Å². The molecular weight excluding hydrogens is 190 g/mol. The molecule has 0 aliphatic heterocycles. The number of carboxylic acid groups (broad SMARTS) is 1. The van der Waals surface area contributed by atoms with Gasteiger partial charge < -0.3 is 10.0 Å². The summed E-state index contributed by atoms with van der Waals surface area (Å²) >= 11 is 0. The van der Waals surface area contributed by atoms with Gasteiger partial charge in [0.15, 0.2) is 0 Å². The monoisotopic (exact) mass is 213 g/mol. The summed E-state index contributed by atoms with van der Waals surface area (Å²) in [5, 5.41) is 8.65. The smallest absolute Gasteiger partial charge is 0.304 e. The Morgan fingerprint density at radius 1 is 1.47 bits per heavy atom. The first-order valence-corrected chi connectivity index (χ1v) is 5.74. The summed E-state index contributed by atoms with van der Waals surface area (Å²) in [6, 6.07) is 0.555. The highest BCUT2D eigenvalue weighted by Gasteiger charge is 2.38. The van der Waals surface area contributed by atoms with Crippen LogP contribution in [0.3, 0.4) is 0 Å². The highest BCUT2D eigenvalue weighted by Crippen LogP contribution is 2.42. The SMILES string of the molecule is CC1CC(C)(C)CC1N(C)CCC(=O)O. The first-order valence-electron chi connectivity index (χ1n) is 5.74. The second-order valence-corrected chi connectivity index (χ2v) is 5.74. The molecule has 0 aromatic rings. The van der Waals surface area contributed by atoms with Crippen LogP contribution in [0.5, 0.6) is 0 Å². The fourth-order valence-electron chi connectivity index (χ4n) is 2.89. The van der Waals surface area contributed by atoms with E-state index in [-0.39, 0.29) is 6.42 Å². The average molecular weight is 213 g/mol. The predicted octanol–water partition coefficient (Wildman–Crippen LogP) is 2.22. The summed E-state index contributed by atoms with van der Waals surface area (Å²) in [6.07, 6.45) is 2.68. The van der Waals surface area contributed by atoms with E-state index in [1.807, 2.05) is 7.05 Å². The van der Waals surface area contributed by atoms with E-state index in [4.69, 9.17) is 5.11 Å². The summed E-state index contributed by atoms with van der Waals surface area (Å²) < 4.78 is 0. The van der Waals surface area contributed by atoms with Crippen LogP contribution in [0.1, 0.15) is 40.0 Å². The van der Waals surface area contributed by atoms with Gasteiger partial charge in [-0.05, 0) is 31.2 Å². The summed E-state index contributed by atoms with van der Waals surface area (Å²) in [7, 11) is 2.05. The van der Waals surface area contributed by atoms with Crippen molar-refractivity contribution in [1.82, 2.24) is 4.90 Å². The van der Waals surface area contributed by atoms with Crippen molar-refractivity contribution in [3.05, 3.63) is 0 Å². The molecule has 0 bridgehead atoms. The van der Waals surface area contributed by atoms with Crippen LogP contribution in [0.15, 0.2) is 0 Å². The molecule has 1 N–H and O–H groups in total. The lowest BCUT2D eigenvalue weighted by Crippen LogP contribution is -2.35. The van der Waals surface area contributed by atoms with Gasteiger partial charge in [-0.25, -0.2) is 0 Å². The molecule has 1 rings (SSSR count). The molecule has 3 nitrogen and oxygen atoms in total. The highest BCUT2D eigenvalue weighted by molar-refractivity contribution is 5.66. The Bertz CT molecular complexity index is 238. The molecule has 15 heavy (non-hydrogen) atoms.